The highest BCUT2D eigenvalue weighted by Gasteiger charge is 2.24. The van der Waals surface area contributed by atoms with Gasteiger partial charge in [-0.2, -0.15) is 0 Å². The molecular formula is C24H15NO2. The summed E-state index contributed by atoms with van der Waals surface area (Å²) in [5.74, 6) is -0.0795. The third-order valence-electron chi connectivity index (χ3n) is 4.69. The number of rotatable bonds is 2. The highest BCUT2D eigenvalue weighted by Crippen LogP contribution is 2.23. The van der Waals surface area contributed by atoms with Crippen LogP contribution in [0.2, 0.25) is 0 Å². The first-order valence-electron chi connectivity index (χ1n) is 8.77. The van der Waals surface area contributed by atoms with Gasteiger partial charge < -0.3 is 4.74 Å². The molecule has 4 aromatic carbocycles. The average Bonchev–Trinajstić information content (AvgIpc) is 3.08. The van der Waals surface area contributed by atoms with E-state index in [4.69, 9.17) is 4.74 Å². The summed E-state index contributed by atoms with van der Waals surface area (Å²) in [5, 5.41) is 4.50. The van der Waals surface area contributed by atoms with E-state index in [1.165, 1.54) is 0 Å². The van der Waals surface area contributed by atoms with Gasteiger partial charge in [-0.25, -0.2) is 9.79 Å². The highest BCUT2D eigenvalue weighted by atomic mass is 16.6. The molecule has 0 radical (unpaired) electrons. The zero-order chi connectivity index (χ0) is 18.2. The van der Waals surface area contributed by atoms with E-state index in [2.05, 4.69) is 11.1 Å². The molecule has 3 nitrogen and oxygen atoms in total. The fourth-order valence-electron chi connectivity index (χ4n) is 3.31. The number of hydrogen-bond donors (Lipinski definition) is 0. The SMILES string of the molecule is O=C1OC(c2ccc3ccccc3c2)=N/C1=C\c1ccc2ccccc2c1. The van der Waals surface area contributed by atoms with Crippen LogP contribution in [-0.2, 0) is 9.53 Å². The summed E-state index contributed by atoms with van der Waals surface area (Å²) in [7, 11) is 0. The second-order valence-electron chi connectivity index (χ2n) is 6.50. The van der Waals surface area contributed by atoms with Crippen LogP contribution in [0.25, 0.3) is 27.6 Å². The van der Waals surface area contributed by atoms with Crippen LogP contribution in [0.1, 0.15) is 11.1 Å². The summed E-state index contributed by atoms with van der Waals surface area (Å²) in [6, 6.07) is 28.2. The Bertz CT molecular complexity index is 1270. The number of hydrogen-bond acceptors (Lipinski definition) is 3. The van der Waals surface area contributed by atoms with Crippen molar-refractivity contribution in [1.82, 2.24) is 0 Å². The Morgan fingerprint density at radius 1 is 0.704 bits per heavy atom. The summed E-state index contributed by atoms with van der Waals surface area (Å²) in [4.78, 5) is 16.7. The summed E-state index contributed by atoms with van der Waals surface area (Å²) in [6.45, 7) is 0. The van der Waals surface area contributed by atoms with Crippen LogP contribution in [0.15, 0.2) is 95.6 Å². The summed E-state index contributed by atoms with van der Waals surface area (Å²) >= 11 is 0. The predicted molar refractivity (Wildman–Crippen MR) is 109 cm³/mol. The van der Waals surface area contributed by atoms with Crippen molar-refractivity contribution in [2.45, 2.75) is 0 Å². The van der Waals surface area contributed by atoms with Gasteiger partial charge in [0.25, 0.3) is 0 Å². The predicted octanol–water partition coefficient (Wildman–Crippen LogP) is 5.34. The minimum absolute atomic E-state index is 0.313. The molecule has 128 valence electrons. The molecule has 3 heteroatoms. The monoisotopic (exact) mass is 349 g/mol. The Morgan fingerprint density at radius 3 is 2.07 bits per heavy atom. The van der Waals surface area contributed by atoms with E-state index in [1.807, 2.05) is 78.9 Å². The maximum absolute atomic E-state index is 12.3. The number of cyclic esters (lactones) is 1. The van der Waals surface area contributed by atoms with Crippen molar-refractivity contribution in [3.05, 3.63) is 102 Å². The lowest BCUT2D eigenvalue weighted by Crippen LogP contribution is -2.05. The molecule has 0 atom stereocenters. The normalized spacial score (nSPS) is 15.3. The Morgan fingerprint density at radius 2 is 1.33 bits per heavy atom. The van der Waals surface area contributed by atoms with Gasteiger partial charge in [-0.15, -0.1) is 0 Å². The molecule has 4 aromatic rings. The van der Waals surface area contributed by atoms with Crippen molar-refractivity contribution in [2.24, 2.45) is 4.99 Å². The van der Waals surface area contributed by atoms with E-state index in [1.54, 1.807) is 6.08 Å². The molecule has 0 saturated heterocycles. The maximum Gasteiger partial charge on any atom is 0.363 e. The van der Waals surface area contributed by atoms with Crippen molar-refractivity contribution in [3.63, 3.8) is 0 Å². The lowest BCUT2D eigenvalue weighted by atomic mass is 10.1. The summed E-state index contributed by atoms with van der Waals surface area (Å²) < 4.78 is 5.41. The van der Waals surface area contributed by atoms with E-state index < -0.39 is 5.97 Å². The van der Waals surface area contributed by atoms with E-state index in [9.17, 15) is 4.79 Å². The lowest BCUT2D eigenvalue weighted by molar-refractivity contribution is -0.129. The molecule has 0 unspecified atom stereocenters. The van der Waals surface area contributed by atoms with Crippen molar-refractivity contribution < 1.29 is 9.53 Å². The van der Waals surface area contributed by atoms with Gasteiger partial charge in [0.05, 0.1) is 0 Å². The minimum Gasteiger partial charge on any atom is -0.402 e. The molecule has 1 heterocycles. The van der Waals surface area contributed by atoms with Crippen molar-refractivity contribution in [1.29, 1.82) is 0 Å². The van der Waals surface area contributed by atoms with Gasteiger partial charge in [0.2, 0.25) is 5.90 Å². The molecular weight excluding hydrogens is 334 g/mol. The Labute approximate surface area is 156 Å². The van der Waals surface area contributed by atoms with Crippen LogP contribution in [-0.4, -0.2) is 11.9 Å². The van der Waals surface area contributed by atoms with E-state index >= 15 is 0 Å². The second kappa shape index (κ2) is 6.22. The summed E-state index contributed by atoms with van der Waals surface area (Å²) in [6.07, 6.45) is 1.77. The fraction of sp³-hybridized carbons (Fsp3) is 0. The topological polar surface area (TPSA) is 38.7 Å². The van der Waals surface area contributed by atoms with Crippen LogP contribution in [0, 0.1) is 0 Å². The smallest absolute Gasteiger partial charge is 0.363 e. The number of carbonyl (C=O) groups is 1. The van der Waals surface area contributed by atoms with Gasteiger partial charge in [-0.05, 0) is 51.4 Å². The Hall–Kier alpha value is -3.72. The molecule has 0 spiro atoms. The largest absolute Gasteiger partial charge is 0.402 e. The first kappa shape index (κ1) is 15.5. The molecule has 1 aliphatic rings. The van der Waals surface area contributed by atoms with Gasteiger partial charge in [-0.1, -0.05) is 66.7 Å². The molecule has 0 aromatic heterocycles. The molecule has 0 N–H and O–H groups in total. The number of fused-ring (bicyclic) bond motifs is 2. The van der Waals surface area contributed by atoms with Crippen LogP contribution in [0.5, 0.6) is 0 Å². The number of aliphatic imine (C=N–C) groups is 1. The molecule has 1 aliphatic heterocycles. The van der Waals surface area contributed by atoms with E-state index in [-0.39, 0.29) is 0 Å². The zero-order valence-electron chi connectivity index (χ0n) is 14.4. The van der Waals surface area contributed by atoms with Crippen molar-refractivity contribution >= 4 is 39.5 Å². The van der Waals surface area contributed by atoms with Crippen molar-refractivity contribution in [3.8, 4) is 0 Å². The lowest BCUT2D eigenvalue weighted by Gasteiger charge is -2.02. The highest BCUT2D eigenvalue weighted by molar-refractivity contribution is 6.13. The van der Waals surface area contributed by atoms with Crippen LogP contribution in [0.4, 0.5) is 0 Å². The quantitative estimate of drug-likeness (QED) is 0.362. The Kier molecular flexibility index (Phi) is 3.58. The zero-order valence-corrected chi connectivity index (χ0v) is 14.4. The van der Waals surface area contributed by atoms with Gasteiger partial charge >= 0.3 is 5.97 Å². The van der Waals surface area contributed by atoms with E-state index in [0.717, 1.165) is 32.7 Å². The van der Waals surface area contributed by atoms with Gasteiger partial charge in [0.15, 0.2) is 5.70 Å². The average molecular weight is 349 g/mol. The molecule has 0 bridgehead atoms. The standard InChI is InChI=1S/C24H15NO2/c26-24-22(14-16-9-10-17-5-1-3-7-19(17)13-16)25-23(27-24)21-12-11-18-6-2-4-8-20(18)15-21/h1-15H/b22-14-. The second-order valence-corrected chi connectivity index (χ2v) is 6.50. The molecule has 0 amide bonds. The summed E-state index contributed by atoms with van der Waals surface area (Å²) in [5.41, 5.74) is 2.03. The molecule has 5 rings (SSSR count). The Balaban J connectivity index is 1.53. The third kappa shape index (κ3) is 2.89. The van der Waals surface area contributed by atoms with Crippen LogP contribution < -0.4 is 0 Å². The third-order valence-corrected chi connectivity index (χ3v) is 4.69. The number of nitrogens with zero attached hydrogens (tertiary/aromatic N) is 1. The number of esters is 1. The number of ether oxygens (including phenoxy) is 1. The molecule has 0 fully saturated rings. The van der Waals surface area contributed by atoms with E-state index in [0.29, 0.717) is 11.6 Å². The molecule has 0 saturated carbocycles. The number of benzene rings is 4. The molecule has 0 aliphatic carbocycles. The van der Waals surface area contributed by atoms with Crippen LogP contribution >= 0.6 is 0 Å². The van der Waals surface area contributed by atoms with Crippen LogP contribution in [0.3, 0.4) is 0 Å². The van der Waals surface area contributed by atoms with Gasteiger partial charge in [0, 0.05) is 5.56 Å². The van der Waals surface area contributed by atoms with Gasteiger partial charge in [-0.3, -0.25) is 0 Å². The van der Waals surface area contributed by atoms with Gasteiger partial charge in [0.1, 0.15) is 0 Å². The first-order chi connectivity index (χ1) is 13.3. The first-order valence-corrected chi connectivity index (χ1v) is 8.77. The van der Waals surface area contributed by atoms with Crippen molar-refractivity contribution in [2.75, 3.05) is 0 Å². The fourth-order valence-corrected chi connectivity index (χ4v) is 3.31. The number of carbonyl (C=O) groups excluding carboxylic acids is 1. The minimum atomic E-state index is -0.425. The maximum atomic E-state index is 12.3. The molecule has 27 heavy (non-hydrogen) atoms.